The van der Waals surface area contributed by atoms with Crippen molar-refractivity contribution in [2.45, 2.75) is 24.3 Å². The molecule has 2 amide bonds. The first kappa shape index (κ1) is 13.6. The van der Waals surface area contributed by atoms with Gasteiger partial charge in [-0.2, -0.15) is 25.3 Å². The molecule has 0 saturated carbocycles. The monoisotopic (exact) mass is 236 g/mol. The lowest BCUT2D eigenvalue weighted by atomic mass is 10.2. The first-order valence-corrected chi connectivity index (χ1v) is 5.33. The van der Waals surface area contributed by atoms with E-state index in [1.807, 2.05) is 6.92 Å². The van der Waals surface area contributed by atoms with Gasteiger partial charge in [0, 0.05) is 13.1 Å². The quantitative estimate of drug-likeness (QED) is 0.407. The molecular weight excluding hydrogens is 220 g/mol. The van der Waals surface area contributed by atoms with E-state index < -0.39 is 4.08 Å². The largest absolute Gasteiger partial charge is 0.356 e. The molecule has 14 heavy (non-hydrogen) atoms. The zero-order valence-electron chi connectivity index (χ0n) is 8.33. The van der Waals surface area contributed by atoms with Crippen LogP contribution >= 0.6 is 25.3 Å². The highest BCUT2D eigenvalue weighted by atomic mass is 32.2. The Morgan fingerprint density at radius 3 is 2.07 bits per heavy atom. The van der Waals surface area contributed by atoms with E-state index in [0.717, 1.165) is 0 Å². The lowest BCUT2D eigenvalue weighted by Crippen LogP contribution is -2.42. The highest BCUT2D eigenvalue weighted by Crippen LogP contribution is 2.24. The molecular formula is C8H16N2O2S2. The van der Waals surface area contributed by atoms with Crippen molar-refractivity contribution in [3.8, 4) is 0 Å². The summed E-state index contributed by atoms with van der Waals surface area (Å²) in [6, 6.07) is 0. The summed E-state index contributed by atoms with van der Waals surface area (Å²) in [4.78, 5) is 22.5. The van der Waals surface area contributed by atoms with Crippen LogP contribution in [-0.4, -0.2) is 29.0 Å². The highest BCUT2D eigenvalue weighted by Gasteiger charge is 2.32. The van der Waals surface area contributed by atoms with Crippen molar-refractivity contribution >= 4 is 37.1 Å². The van der Waals surface area contributed by atoms with Crippen LogP contribution in [0.25, 0.3) is 0 Å². The van der Waals surface area contributed by atoms with E-state index in [4.69, 9.17) is 0 Å². The van der Waals surface area contributed by atoms with E-state index in [2.05, 4.69) is 35.9 Å². The van der Waals surface area contributed by atoms with Crippen LogP contribution in [-0.2, 0) is 9.59 Å². The van der Waals surface area contributed by atoms with Gasteiger partial charge in [0.25, 0.3) is 0 Å². The van der Waals surface area contributed by atoms with Gasteiger partial charge >= 0.3 is 0 Å². The lowest BCUT2D eigenvalue weighted by Gasteiger charge is -2.20. The summed E-state index contributed by atoms with van der Waals surface area (Å²) >= 11 is 8.08. The van der Waals surface area contributed by atoms with Crippen molar-refractivity contribution < 1.29 is 9.59 Å². The Morgan fingerprint density at radius 2 is 1.64 bits per heavy atom. The number of rotatable bonds is 5. The second kappa shape index (κ2) is 6.19. The van der Waals surface area contributed by atoms with Gasteiger partial charge in [-0.25, -0.2) is 0 Å². The summed E-state index contributed by atoms with van der Waals surface area (Å²) in [6.07, 6.45) is -0.0428. The van der Waals surface area contributed by atoms with Gasteiger partial charge in [-0.15, -0.1) is 0 Å². The Morgan fingerprint density at radius 1 is 1.14 bits per heavy atom. The van der Waals surface area contributed by atoms with Crippen molar-refractivity contribution in [3.63, 3.8) is 0 Å². The summed E-state index contributed by atoms with van der Waals surface area (Å²) < 4.78 is -1.24. The summed E-state index contributed by atoms with van der Waals surface area (Å²) in [5, 5.41) is 5.14. The van der Waals surface area contributed by atoms with Crippen LogP contribution in [0, 0.1) is 0 Å². The third kappa shape index (κ3) is 4.76. The lowest BCUT2D eigenvalue weighted by molar-refractivity contribution is -0.126. The maximum atomic E-state index is 11.4. The standard InChI is InChI=1S/C8H16N2O2S2/c1-3-9-6(11)5-8(13,14)7(12)10-4-2/h13-14H,3-5H2,1-2H3,(H,9,11)(H,10,12). The third-order valence-corrected chi connectivity index (χ3v) is 2.20. The van der Waals surface area contributed by atoms with Crippen molar-refractivity contribution in [1.82, 2.24) is 10.6 Å². The van der Waals surface area contributed by atoms with Gasteiger partial charge in [-0.05, 0) is 13.8 Å². The van der Waals surface area contributed by atoms with Gasteiger partial charge in [0.05, 0.1) is 6.42 Å². The number of hydrogen-bond acceptors (Lipinski definition) is 4. The van der Waals surface area contributed by atoms with Crippen LogP contribution in [0.2, 0.25) is 0 Å². The third-order valence-electron chi connectivity index (χ3n) is 1.48. The fraction of sp³-hybridized carbons (Fsp3) is 0.750. The Labute approximate surface area is 95.0 Å². The van der Waals surface area contributed by atoms with Crippen LogP contribution in [0.5, 0.6) is 0 Å². The van der Waals surface area contributed by atoms with E-state index >= 15 is 0 Å². The molecule has 2 N–H and O–H groups in total. The number of carbonyl (C=O) groups is 2. The number of hydrogen-bond donors (Lipinski definition) is 4. The maximum Gasteiger partial charge on any atom is 0.246 e. The second-order valence-electron chi connectivity index (χ2n) is 2.81. The average molecular weight is 236 g/mol. The maximum absolute atomic E-state index is 11.4. The first-order chi connectivity index (χ1) is 6.44. The zero-order valence-corrected chi connectivity index (χ0v) is 10.1. The molecule has 0 rings (SSSR count). The summed E-state index contributed by atoms with van der Waals surface area (Å²) in [6.45, 7) is 4.63. The van der Waals surface area contributed by atoms with E-state index in [1.165, 1.54) is 0 Å². The topological polar surface area (TPSA) is 58.2 Å². The number of nitrogens with one attached hydrogen (secondary N) is 2. The smallest absolute Gasteiger partial charge is 0.246 e. The van der Waals surface area contributed by atoms with Gasteiger partial charge in [0.15, 0.2) is 0 Å². The molecule has 0 heterocycles. The Hall–Kier alpha value is -0.360. The summed E-state index contributed by atoms with van der Waals surface area (Å²) in [5.74, 6) is -0.582. The molecule has 0 aliphatic carbocycles. The predicted molar refractivity (Wildman–Crippen MR) is 62.7 cm³/mol. The predicted octanol–water partition coefficient (Wildman–Crippen LogP) is 0.205. The molecule has 0 spiro atoms. The van der Waals surface area contributed by atoms with E-state index in [1.54, 1.807) is 6.92 Å². The van der Waals surface area contributed by atoms with Crippen LogP contribution in [0.1, 0.15) is 20.3 Å². The Balaban J connectivity index is 4.18. The molecule has 0 fully saturated rings. The van der Waals surface area contributed by atoms with Crippen molar-refractivity contribution in [1.29, 1.82) is 0 Å². The fourth-order valence-electron chi connectivity index (χ4n) is 0.866. The van der Waals surface area contributed by atoms with Crippen molar-refractivity contribution in [2.75, 3.05) is 13.1 Å². The zero-order chi connectivity index (χ0) is 11.2. The Kier molecular flexibility index (Phi) is 6.03. The van der Waals surface area contributed by atoms with Crippen LogP contribution in [0.3, 0.4) is 0 Å². The molecule has 0 aromatic carbocycles. The van der Waals surface area contributed by atoms with Gasteiger partial charge in [0.2, 0.25) is 11.8 Å². The van der Waals surface area contributed by atoms with Gasteiger partial charge < -0.3 is 10.6 Å². The minimum Gasteiger partial charge on any atom is -0.356 e. The van der Waals surface area contributed by atoms with Gasteiger partial charge in [-0.1, -0.05) is 0 Å². The average Bonchev–Trinajstić information content (AvgIpc) is 2.03. The van der Waals surface area contributed by atoms with Crippen LogP contribution in [0.4, 0.5) is 0 Å². The van der Waals surface area contributed by atoms with Crippen molar-refractivity contribution in [2.24, 2.45) is 0 Å². The normalized spacial score (nSPS) is 10.9. The van der Waals surface area contributed by atoms with Crippen LogP contribution < -0.4 is 10.6 Å². The van der Waals surface area contributed by atoms with E-state index in [9.17, 15) is 9.59 Å². The van der Waals surface area contributed by atoms with Gasteiger partial charge in [-0.3, -0.25) is 9.59 Å². The highest BCUT2D eigenvalue weighted by molar-refractivity contribution is 8.02. The van der Waals surface area contributed by atoms with Gasteiger partial charge in [0.1, 0.15) is 4.08 Å². The molecule has 0 aliphatic heterocycles. The summed E-state index contributed by atoms with van der Waals surface area (Å²) in [7, 11) is 0. The second-order valence-corrected chi connectivity index (χ2v) is 4.69. The van der Waals surface area contributed by atoms with E-state index in [-0.39, 0.29) is 18.2 Å². The molecule has 0 atom stereocenters. The molecule has 0 aliphatic rings. The number of amides is 2. The molecule has 0 saturated heterocycles. The molecule has 6 heteroatoms. The molecule has 82 valence electrons. The van der Waals surface area contributed by atoms with Crippen LogP contribution in [0.15, 0.2) is 0 Å². The first-order valence-electron chi connectivity index (χ1n) is 4.43. The van der Waals surface area contributed by atoms with E-state index in [0.29, 0.717) is 13.1 Å². The fourth-order valence-corrected chi connectivity index (χ4v) is 1.31. The van der Waals surface area contributed by atoms with Crippen molar-refractivity contribution in [3.05, 3.63) is 0 Å². The summed E-state index contributed by atoms with van der Waals surface area (Å²) in [5.41, 5.74) is 0. The Bertz CT molecular complexity index is 219. The molecule has 4 nitrogen and oxygen atoms in total. The minimum absolute atomic E-state index is 0.0428. The molecule has 0 radical (unpaired) electrons. The molecule has 0 unspecified atom stereocenters. The SMILES string of the molecule is CCNC(=O)CC(S)(S)C(=O)NCC. The minimum atomic E-state index is -1.24. The molecule has 0 aromatic heterocycles. The molecule has 0 aromatic rings. The molecule has 0 bridgehead atoms. The number of thiol groups is 2. The number of carbonyl (C=O) groups excluding carboxylic acids is 2.